The largest absolute Gasteiger partial charge is 0.497 e. The first kappa shape index (κ1) is 23.6. The Hall–Kier alpha value is -3.58. The molecule has 0 aliphatic rings. The van der Waals surface area contributed by atoms with Crippen LogP contribution in [0.15, 0.2) is 65.6 Å². The summed E-state index contributed by atoms with van der Waals surface area (Å²) in [6.07, 6.45) is 0. The van der Waals surface area contributed by atoms with Gasteiger partial charge in [0, 0.05) is 0 Å². The van der Waals surface area contributed by atoms with Gasteiger partial charge in [-0.15, -0.1) is 10.2 Å². The van der Waals surface area contributed by atoms with Gasteiger partial charge in [-0.25, -0.2) is 13.6 Å². The number of aromatic nitrogens is 4. The van der Waals surface area contributed by atoms with E-state index in [2.05, 4.69) is 15.4 Å². The van der Waals surface area contributed by atoms with Crippen LogP contribution in [0.5, 0.6) is 5.75 Å². The van der Waals surface area contributed by atoms with Crippen LogP contribution in [0.25, 0.3) is 22.5 Å². The number of rotatable bonds is 7. The van der Waals surface area contributed by atoms with E-state index in [4.69, 9.17) is 9.88 Å². The van der Waals surface area contributed by atoms with Gasteiger partial charge in [0.25, 0.3) is 0 Å². The number of sulfonamides is 1. The number of nitrogens with zero attached hydrogens (tertiary/aromatic N) is 4. The fourth-order valence-electron chi connectivity index (χ4n) is 3.51. The fraction of sp³-hybridized carbons (Fsp3) is 0.136. The first-order valence-corrected chi connectivity index (χ1v) is 11.8. The van der Waals surface area contributed by atoms with E-state index in [-0.39, 0.29) is 28.3 Å². The average Bonchev–Trinajstić information content (AvgIpc) is 3.26. The van der Waals surface area contributed by atoms with Crippen molar-refractivity contribution in [2.45, 2.75) is 18.4 Å². The Bertz CT molecular complexity index is 1420. The van der Waals surface area contributed by atoms with Gasteiger partial charge in [-0.3, -0.25) is 0 Å². The van der Waals surface area contributed by atoms with Crippen molar-refractivity contribution in [3.63, 3.8) is 0 Å². The van der Waals surface area contributed by atoms with Gasteiger partial charge in [0.05, 0.1) is 24.1 Å². The zero-order valence-electron chi connectivity index (χ0n) is 18.5. The molecule has 0 aliphatic carbocycles. The van der Waals surface area contributed by atoms with E-state index in [9.17, 15) is 18.5 Å². The summed E-state index contributed by atoms with van der Waals surface area (Å²) in [5.41, 5.74) is 2.97. The summed E-state index contributed by atoms with van der Waals surface area (Å²) in [7, 11) is -4.61. The van der Waals surface area contributed by atoms with Crippen LogP contribution in [0.1, 0.15) is 11.1 Å². The molecule has 0 spiro atoms. The number of aryl methyl sites for hydroxylation is 1. The maximum absolute atomic E-state index is 12.5. The Labute approximate surface area is 196 Å². The minimum absolute atomic E-state index is 0.0334. The third-order valence-corrected chi connectivity index (χ3v) is 6.19. The van der Waals surface area contributed by atoms with Crippen molar-refractivity contribution in [2.75, 3.05) is 7.11 Å². The van der Waals surface area contributed by atoms with Crippen molar-refractivity contribution in [1.29, 1.82) is 0 Å². The maximum Gasteiger partial charge on any atom is 0.488 e. The van der Waals surface area contributed by atoms with Gasteiger partial charge in [-0.1, -0.05) is 48.0 Å². The van der Waals surface area contributed by atoms with Gasteiger partial charge in [0.15, 0.2) is 0 Å². The van der Waals surface area contributed by atoms with Gasteiger partial charge in [0.1, 0.15) is 5.75 Å². The molecule has 0 radical (unpaired) electrons. The number of benzene rings is 3. The van der Waals surface area contributed by atoms with Crippen LogP contribution in [0.2, 0.25) is 0 Å². The van der Waals surface area contributed by atoms with E-state index in [0.717, 1.165) is 17.2 Å². The minimum Gasteiger partial charge on any atom is -0.497 e. The molecule has 3 aromatic carbocycles. The van der Waals surface area contributed by atoms with Gasteiger partial charge >= 0.3 is 7.12 Å². The van der Waals surface area contributed by atoms with Crippen LogP contribution in [-0.4, -0.2) is 52.9 Å². The van der Waals surface area contributed by atoms with E-state index in [1.807, 2.05) is 31.2 Å². The standard InChI is InChI=1S/C22H22BN5O5S/c1-14-3-7-16(8-4-14)19-11-17(23(29)30)12-20(34(24,31)32)21(19)22-25-27-28(26-22)13-15-5-9-18(33-2)10-6-15/h3-12,29-30H,13H2,1-2H3,(H2,24,31,32). The number of primary sulfonamides is 1. The molecule has 12 heteroatoms. The lowest BCUT2D eigenvalue weighted by atomic mass is 9.78. The molecule has 0 unspecified atom stereocenters. The Kier molecular flexibility index (Phi) is 6.48. The third kappa shape index (κ3) is 4.99. The molecule has 34 heavy (non-hydrogen) atoms. The van der Waals surface area contributed by atoms with Crippen molar-refractivity contribution in [3.05, 3.63) is 71.8 Å². The summed E-state index contributed by atoms with van der Waals surface area (Å²) in [4.78, 5) is 0.996. The van der Waals surface area contributed by atoms with Crippen LogP contribution in [0.3, 0.4) is 0 Å². The molecule has 1 heterocycles. The fourth-order valence-corrected chi connectivity index (χ4v) is 4.29. The van der Waals surface area contributed by atoms with Crippen molar-refractivity contribution in [1.82, 2.24) is 20.2 Å². The van der Waals surface area contributed by atoms with Gasteiger partial charge in [-0.2, -0.15) is 4.80 Å². The number of nitrogens with two attached hydrogens (primary N) is 1. The molecular formula is C22H22BN5O5S. The predicted octanol–water partition coefficient (Wildman–Crippen LogP) is 0.700. The van der Waals surface area contributed by atoms with Crippen LogP contribution in [0.4, 0.5) is 0 Å². The zero-order valence-corrected chi connectivity index (χ0v) is 19.3. The van der Waals surface area contributed by atoms with E-state index in [1.165, 1.54) is 10.9 Å². The summed E-state index contributed by atoms with van der Waals surface area (Å²) in [6, 6.07) is 17.2. The number of ether oxygens (including phenoxy) is 1. The molecule has 174 valence electrons. The minimum atomic E-state index is -4.29. The van der Waals surface area contributed by atoms with Gasteiger partial charge in [0.2, 0.25) is 15.8 Å². The monoisotopic (exact) mass is 479 g/mol. The van der Waals surface area contributed by atoms with Crippen LogP contribution >= 0.6 is 0 Å². The number of hydrogen-bond donors (Lipinski definition) is 3. The third-order valence-electron chi connectivity index (χ3n) is 5.25. The first-order valence-electron chi connectivity index (χ1n) is 10.2. The highest BCUT2D eigenvalue weighted by Crippen LogP contribution is 2.34. The molecule has 0 bridgehead atoms. The zero-order chi connectivity index (χ0) is 24.5. The highest BCUT2D eigenvalue weighted by molar-refractivity contribution is 7.89. The normalized spacial score (nSPS) is 11.4. The van der Waals surface area contributed by atoms with Crippen LogP contribution in [0, 0.1) is 6.92 Å². The van der Waals surface area contributed by atoms with E-state index in [0.29, 0.717) is 16.9 Å². The highest BCUT2D eigenvalue weighted by atomic mass is 32.2. The first-order chi connectivity index (χ1) is 16.2. The SMILES string of the molecule is COc1ccc(Cn2nnc(-c3c(-c4ccc(C)cc4)cc(B(O)O)cc3S(N)(=O)=O)n2)cc1. The summed E-state index contributed by atoms with van der Waals surface area (Å²) < 4.78 is 30.2. The molecular weight excluding hydrogens is 457 g/mol. The number of tetrazole rings is 1. The summed E-state index contributed by atoms with van der Waals surface area (Å²) >= 11 is 0. The van der Waals surface area contributed by atoms with E-state index in [1.54, 1.807) is 31.4 Å². The molecule has 1 aromatic heterocycles. The van der Waals surface area contributed by atoms with E-state index < -0.39 is 17.1 Å². The second kappa shape index (κ2) is 9.35. The molecule has 0 saturated carbocycles. The maximum atomic E-state index is 12.5. The summed E-state index contributed by atoms with van der Waals surface area (Å²) in [6.45, 7) is 2.20. The molecule has 0 atom stereocenters. The summed E-state index contributed by atoms with van der Waals surface area (Å²) in [5, 5.41) is 37.6. The Morgan fingerprint density at radius 3 is 2.32 bits per heavy atom. The molecule has 4 aromatic rings. The lowest BCUT2D eigenvalue weighted by Gasteiger charge is -2.14. The van der Waals surface area contributed by atoms with Crippen molar-refractivity contribution < 1.29 is 23.2 Å². The topological polar surface area (TPSA) is 153 Å². The smallest absolute Gasteiger partial charge is 0.488 e. The van der Waals surface area contributed by atoms with Crippen molar-refractivity contribution in [2.24, 2.45) is 5.14 Å². The summed E-state index contributed by atoms with van der Waals surface area (Å²) in [5.74, 6) is 0.745. The van der Waals surface area contributed by atoms with Gasteiger partial charge < -0.3 is 14.8 Å². The molecule has 4 N–H and O–H groups in total. The molecule has 4 rings (SSSR count). The Balaban J connectivity index is 1.86. The molecule has 10 nitrogen and oxygen atoms in total. The Morgan fingerprint density at radius 2 is 1.74 bits per heavy atom. The highest BCUT2D eigenvalue weighted by Gasteiger charge is 2.27. The Morgan fingerprint density at radius 1 is 1.06 bits per heavy atom. The second-order valence-corrected chi connectivity index (χ2v) is 9.25. The quantitative estimate of drug-likeness (QED) is 0.328. The average molecular weight is 479 g/mol. The molecule has 0 fully saturated rings. The van der Waals surface area contributed by atoms with Crippen LogP contribution in [-0.2, 0) is 16.6 Å². The van der Waals surface area contributed by atoms with Crippen molar-refractivity contribution >= 4 is 22.6 Å². The van der Waals surface area contributed by atoms with Gasteiger partial charge in [-0.05, 0) is 52.5 Å². The lowest BCUT2D eigenvalue weighted by Crippen LogP contribution is -2.31. The number of methoxy groups -OCH3 is 1. The molecule has 0 saturated heterocycles. The second-order valence-electron chi connectivity index (χ2n) is 7.72. The van der Waals surface area contributed by atoms with E-state index >= 15 is 0 Å². The molecule has 0 amide bonds. The van der Waals surface area contributed by atoms with Crippen molar-refractivity contribution in [3.8, 4) is 28.3 Å². The predicted molar refractivity (Wildman–Crippen MR) is 127 cm³/mol. The lowest BCUT2D eigenvalue weighted by molar-refractivity contribution is 0.414. The number of hydrogen-bond acceptors (Lipinski definition) is 8. The molecule has 0 aliphatic heterocycles. The van der Waals surface area contributed by atoms with Crippen LogP contribution < -0.4 is 15.3 Å².